The standard InChI is InChI=1S/C16H19F3N6O2S/c1-21-14-11(16(17,18)19)9-23-15(25-14)24-13-5-3-4-12(10(13)8-20)22-6-7-28(2,26)27/h3-5,8-9,20,22H,6-7H2,1-2H3,(H2,21,23,24,25). The zero-order chi connectivity index (χ0) is 20.9. The number of aromatic nitrogens is 2. The van der Waals surface area contributed by atoms with Crippen molar-refractivity contribution in [1.29, 1.82) is 5.41 Å². The minimum Gasteiger partial charge on any atom is -0.383 e. The lowest BCUT2D eigenvalue weighted by Gasteiger charge is -2.15. The number of nitrogens with one attached hydrogen (secondary N) is 4. The molecular formula is C16H19F3N6O2S. The molecule has 2 aromatic rings. The molecule has 1 aromatic carbocycles. The molecule has 1 aromatic heterocycles. The summed E-state index contributed by atoms with van der Waals surface area (Å²) in [6, 6.07) is 4.89. The molecule has 152 valence electrons. The molecule has 0 aliphatic carbocycles. The van der Waals surface area contributed by atoms with E-state index in [1.165, 1.54) is 7.05 Å². The summed E-state index contributed by atoms with van der Waals surface area (Å²) in [5, 5.41) is 15.7. The maximum Gasteiger partial charge on any atom is 0.421 e. The van der Waals surface area contributed by atoms with Crippen molar-refractivity contribution in [3.63, 3.8) is 0 Å². The van der Waals surface area contributed by atoms with Crippen LogP contribution in [0.2, 0.25) is 0 Å². The van der Waals surface area contributed by atoms with Gasteiger partial charge in [-0.1, -0.05) is 6.07 Å². The number of anilines is 4. The fraction of sp³-hybridized carbons (Fsp3) is 0.312. The first-order valence-corrected chi connectivity index (χ1v) is 10.1. The van der Waals surface area contributed by atoms with Crippen molar-refractivity contribution in [2.24, 2.45) is 0 Å². The second-order valence-electron chi connectivity index (χ2n) is 5.80. The maximum atomic E-state index is 12.9. The third kappa shape index (κ3) is 5.55. The predicted molar refractivity (Wildman–Crippen MR) is 102 cm³/mol. The highest BCUT2D eigenvalue weighted by Gasteiger charge is 2.35. The Morgan fingerprint density at radius 1 is 1.25 bits per heavy atom. The SMILES string of the molecule is CNc1nc(Nc2cccc(NCCS(C)(=O)=O)c2C=N)ncc1C(F)(F)F. The molecule has 0 unspecified atom stereocenters. The molecule has 0 aliphatic rings. The quantitative estimate of drug-likeness (QED) is 0.489. The number of benzene rings is 1. The topological polar surface area (TPSA) is 120 Å². The van der Waals surface area contributed by atoms with Gasteiger partial charge in [0, 0.05) is 43.5 Å². The number of sulfone groups is 1. The van der Waals surface area contributed by atoms with Gasteiger partial charge in [-0.3, -0.25) is 0 Å². The van der Waals surface area contributed by atoms with E-state index in [0.29, 0.717) is 23.1 Å². The summed E-state index contributed by atoms with van der Waals surface area (Å²) in [5.74, 6) is -0.562. The van der Waals surface area contributed by atoms with Crippen LogP contribution in [0.15, 0.2) is 24.4 Å². The Bertz CT molecular complexity index is 963. The first-order chi connectivity index (χ1) is 13.0. The van der Waals surface area contributed by atoms with Crippen molar-refractivity contribution >= 4 is 39.2 Å². The Labute approximate surface area is 160 Å². The van der Waals surface area contributed by atoms with E-state index in [4.69, 9.17) is 5.41 Å². The Morgan fingerprint density at radius 2 is 1.93 bits per heavy atom. The highest BCUT2D eigenvalue weighted by molar-refractivity contribution is 7.90. The van der Waals surface area contributed by atoms with Gasteiger partial charge in [0.2, 0.25) is 5.95 Å². The molecule has 12 heteroatoms. The van der Waals surface area contributed by atoms with E-state index < -0.39 is 21.6 Å². The average molecular weight is 416 g/mol. The van der Waals surface area contributed by atoms with E-state index in [1.807, 2.05) is 0 Å². The van der Waals surface area contributed by atoms with Crippen LogP contribution in [0.3, 0.4) is 0 Å². The normalized spacial score (nSPS) is 11.8. The monoisotopic (exact) mass is 416 g/mol. The molecule has 0 amide bonds. The van der Waals surface area contributed by atoms with Crippen molar-refractivity contribution in [2.75, 3.05) is 41.6 Å². The van der Waals surface area contributed by atoms with Gasteiger partial charge >= 0.3 is 6.18 Å². The zero-order valence-electron chi connectivity index (χ0n) is 15.1. The van der Waals surface area contributed by atoms with E-state index in [2.05, 4.69) is 25.9 Å². The van der Waals surface area contributed by atoms with Crippen molar-refractivity contribution in [3.8, 4) is 0 Å². The lowest BCUT2D eigenvalue weighted by Crippen LogP contribution is -2.15. The number of alkyl halides is 3. The Hall–Kier alpha value is -2.89. The number of halogens is 3. The molecule has 0 spiro atoms. The molecule has 8 nitrogen and oxygen atoms in total. The van der Waals surface area contributed by atoms with Crippen molar-refractivity contribution in [1.82, 2.24) is 9.97 Å². The molecular weight excluding hydrogens is 397 g/mol. The van der Waals surface area contributed by atoms with Gasteiger partial charge in [0.25, 0.3) is 0 Å². The van der Waals surface area contributed by atoms with Crippen LogP contribution in [0.1, 0.15) is 11.1 Å². The maximum absolute atomic E-state index is 12.9. The van der Waals surface area contributed by atoms with Crippen LogP contribution in [0, 0.1) is 5.41 Å². The van der Waals surface area contributed by atoms with Crippen LogP contribution in [0.25, 0.3) is 0 Å². The molecule has 28 heavy (non-hydrogen) atoms. The van der Waals surface area contributed by atoms with Crippen LogP contribution in [0.4, 0.5) is 36.3 Å². The lowest BCUT2D eigenvalue weighted by molar-refractivity contribution is -0.137. The smallest absolute Gasteiger partial charge is 0.383 e. The minimum absolute atomic E-state index is 0.0877. The molecule has 1 heterocycles. The molecule has 0 fully saturated rings. The Kier molecular flexibility index (Phi) is 6.44. The third-order valence-corrected chi connectivity index (χ3v) is 4.56. The molecule has 0 bridgehead atoms. The number of hydrogen-bond acceptors (Lipinski definition) is 8. The fourth-order valence-electron chi connectivity index (χ4n) is 2.32. The van der Waals surface area contributed by atoms with Gasteiger partial charge in [0.1, 0.15) is 21.2 Å². The molecule has 0 atom stereocenters. The van der Waals surface area contributed by atoms with Crippen molar-refractivity contribution in [3.05, 3.63) is 35.5 Å². The van der Waals surface area contributed by atoms with Crippen molar-refractivity contribution < 1.29 is 21.6 Å². The summed E-state index contributed by atoms with van der Waals surface area (Å²) >= 11 is 0. The summed E-state index contributed by atoms with van der Waals surface area (Å²) in [5.41, 5.74) is 0.250. The second-order valence-corrected chi connectivity index (χ2v) is 8.06. The Balaban J connectivity index is 2.29. The zero-order valence-corrected chi connectivity index (χ0v) is 15.9. The summed E-state index contributed by atoms with van der Waals surface area (Å²) in [6.07, 6.45) is -1.78. The van der Waals surface area contributed by atoms with Gasteiger partial charge in [-0.05, 0) is 12.1 Å². The van der Waals surface area contributed by atoms with Gasteiger partial charge in [0.15, 0.2) is 0 Å². The van der Waals surface area contributed by atoms with Crippen LogP contribution in [-0.2, 0) is 16.0 Å². The van der Waals surface area contributed by atoms with Gasteiger partial charge < -0.3 is 21.4 Å². The average Bonchev–Trinajstić information content (AvgIpc) is 2.60. The van der Waals surface area contributed by atoms with Crippen LogP contribution in [0.5, 0.6) is 0 Å². The van der Waals surface area contributed by atoms with Crippen molar-refractivity contribution in [2.45, 2.75) is 6.18 Å². The first-order valence-electron chi connectivity index (χ1n) is 7.99. The van der Waals surface area contributed by atoms with E-state index >= 15 is 0 Å². The van der Waals surface area contributed by atoms with E-state index in [-0.39, 0.29) is 24.1 Å². The minimum atomic E-state index is -4.60. The third-order valence-electron chi connectivity index (χ3n) is 3.62. The summed E-state index contributed by atoms with van der Waals surface area (Å²) in [4.78, 5) is 7.52. The number of hydrogen-bond donors (Lipinski definition) is 4. The molecule has 4 N–H and O–H groups in total. The first kappa shape index (κ1) is 21.4. The van der Waals surface area contributed by atoms with E-state index in [0.717, 1.165) is 12.5 Å². The Morgan fingerprint density at radius 3 is 2.50 bits per heavy atom. The molecule has 2 rings (SSSR count). The predicted octanol–water partition coefficient (Wildman–Crippen LogP) is 2.73. The van der Waals surface area contributed by atoms with Gasteiger partial charge in [-0.25, -0.2) is 13.4 Å². The fourth-order valence-corrected chi connectivity index (χ4v) is 2.79. The highest BCUT2D eigenvalue weighted by Crippen LogP contribution is 2.34. The molecule has 0 radical (unpaired) electrons. The highest BCUT2D eigenvalue weighted by atomic mass is 32.2. The summed E-state index contributed by atoms with van der Waals surface area (Å²) in [6.45, 7) is 0.143. The molecule has 0 saturated heterocycles. The van der Waals surface area contributed by atoms with Gasteiger partial charge in [-0.2, -0.15) is 18.2 Å². The lowest BCUT2D eigenvalue weighted by atomic mass is 10.1. The number of rotatable bonds is 8. The largest absolute Gasteiger partial charge is 0.421 e. The van der Waals surface area contributed by atoms with Gasteiger partial charge in [0.05, 0.1) is 11.4 Å². The number of nitrogens with zero attached hydrogens (tertiary/aromatic N) is 2. The second kappa shape index (κ2) is 8.42. The van der Waals surface area contributed by atoms with Crippen LogP contribution < -0.4 is 16.0 Å². The van der Waals surface area contributed by atoms with Gasteiger partial charge in [-0.15, -0.1) is 0 Å². The van der Waals surface area contributed by atoms with E-state index in [1.54, 1.807) is 18.2 Å². The molecule has 0 saturated carbocycles. The van der Waals surface area contributed by atoms with Crippen LogP contribution >= 0.6 is 0 Å². The van der Waals surface area contributed by atoms with E-state index in [9.17, 15) is 21.6 Å². The summed E-state index contributed by atoms with van der Waals surface area (Å²) < 4.78 is 61.3. The molecule has 0 aliphatic heterocycles. The summed E-state index contributed by atoms with van der Waals surface area (Å²) in [7, 11) is -1.83. The van der Waals surface area contributed by atoms with Crippen LogP contribution in [-0.4, -0.2) is 50.2 Å².